The number of thiocarbonyl (C=S) groups is 1. The van der Waals surface area contributed by atoms with Crippen molar-refractivity contribution < 1.29 is 28.7 Å². The van der Waals surface area contributed by atoms with Gasteiger partial charge in [0.2, 0.25) is 0 Å². The molecule has 11 heteroatoms. The second-order valence-corrected chi connectivity index (χ2v) is 5.85. The van der Waals surface area contributed by atoms with Crippen molar-refractivity contribution in [2.45, 2.75) is 20.8 Å². The van der Waals surface area contributed by atoms with Crippen molar-refractivity contribution in [3.8, 4) is 0 Å². The van der Waals surface area contributed by atoms with Gasteiger partial charge in [-0.15, -0.1) is 0 Å². The monoisotopic (exact) mass is 367 g/mol. The number of ether oxygens (including phenoxy) is 2. The molecule has 132 valence electrons. The quantitative estimate of drug-likeness (QED) is 0.219. The van der Waals surface area contributed by atoms with Crippen LogP contribution in [0.25, 0.3) is 0 Å². The standard InChI is InChI=1S/C12H21N3O6S2/c1-5-19-10(16)7-15(8-11(17)20-6-2)23-14(4)12(18)21-13-9(3)22/h5-8H2,1-4H3,(H,13,22). The second-order valence-electron chi connectivity index (χ2n) is 4.01. The molecule has 0 aromatic rings. The number of hydrogen-bond acceptors (Lipinski definition) is 9. The second kappa shape index (κ2) is 11.9. The van der Waals surface area contributed by atoms with Crippen LogP contribution >= 0.6 is 24.4 Å². The lowest BCUT2D eigenvalue weighted by atomic mass is 10.5. The normalized spacial score (nSPS) is 9.96. The number of hydroxylamine groups is 1. The van der Waals surface area contributed by atoms with E-state index in [1.54, 1.807) is 20.8 Å². The molecule has 0 aliphatic rings. The molecule has 0 saturated carbocycles. The predicted molar refractivity (Wildman–Crippen MR) is 88.1 cm³/mol. The van der Waals surface area contributed by atoms with Crippen LogP contribution in [0.4, 0.5) is 4.79 Å². The summed E-state index contributed by atoms with van der Waals surface area (Å²) in [5.74, 6) is -1.06. The number of hydrogen-bond donors (Lipinski definition) is 1. The summed E-state index contributed by atoms with van der Waals surface area (Å²) in [4.78, 5) is 39.8. The Kier molecular flexibility index (Phi) is 11.1. The number of carbonyl (C=O) groups is 3. The minimum Gasteiger partial charge on any atom is -0.465 e. The molecule has 0 radical (unpaired) electrons. The molecule has 1 N–H and O–H groups in total. The van der Waals surface area contributed by atoms with E-state index in [0.717, 1.165) is 16.4 Å². The highest BCUT2D eigenvalue weighted by Gasteiger charge is 2.22. The number of esters is 2. The largest absolute Gasteiger partial charge is 0.465 e. The Hall–Kier alpha value is -1.59. The molecule has 0 saturated heterocycles. The van der Waals surface area contributed by atoms with E-state index < -0.39 is 18.0 Å². The summed E-state index contributed by atoms with van der Waals surface area (Å²) in [6.45, 7) is 4.92. The van der Waals surface area contributed by atoms with Crippen LogP contribution in [0, 0.1) is 0 Å². The third-order valence-electron chi connectivity index (χ3n) is 2.00. The zero-order chi connectivity index (χ0) is 17.8. The van der Waals surface area contributed by atoms with Crippen molar-refractivity contribution in [3.05, 3.63) is 0 Å². The van der Waals surface area contributed by atoms with Crippen LogP contribution in [0.15, 0.2) is 0 Å². The van der Waals surface area contributed by atoms with Crippen LogP contribution in [-0.4, -0.2) is 65.0 Å². The maximum absolute atomic E-state index is 11.7. The highest BCUT2D eigenvalue weighted by atomic mass is 32.2. The van der Waals surface area contributed by atoms with E-state index in [1.807, 2.05) is 0 Å². The summed E-state index contributed by atoms with van der Waals surface area (Å²) in [5.41, 5.74) is 2.25. The van der Waals surface area contributed by atoms with E-state index in [9.17, 15) is 14.4 Å². The first-order valence-corrected chi connectivity index (χ1v) is 7.89. The van der Waals surface area contributed by atoms with Crippen molar-refractivity contribution in [3.63, 3.8) is 0 Å². The average molecular weight is 367 g/mol. The van der Waals surface area contributed by atoms with E-state index in [1.165, 1.54) is 11.4 Å². The fourth-order valence-corrected chi connectivity index (χ4v) is 2.02. The number of nitrogens with one attached hydrogen (secondary N) is 1. The van der Waals surface area contributed by atoms with Gasteiger partial charge < -0.3 is 14.3 Å². The molecule has 23 heavy (non-hydrogen) atoms. The molecule has 0 spiro atoms. The summed E-state index contributed by atoms with van der Waals surface area (Å²) in [6, 6.07) is 0. The summed E-state index contributed by atoms with van der Waals surface area (Å²) < 4.78 is 12.1. The molecule has 0 bridgehead atoms. The molecule has 0 unspecified atom stereocenters. The first kappa shape index (κ1) is 21.4. The van der Waals surface area contributed by atoms with E-state index in [2.05, 4.69) is 10.3 Å². The summed E-state index contributed by atoms with van der Waals surface area (Å²) in [6.07, 6.45) is -0.753. The third kappa shape index (κ3) is 10.7. The molecule has 0 fully saturated rings. The van der Waals surface area contributed by atoms with E-state index in [0.29, 0.717) is 0 Å². The van der Waals surface area contributed by atoms with Gasteiger partial charge in [0, 0.05) is 19.2 Å². The highest BCUT2D eigenvalue weighted by molar-refractivity contribution is 7.95. The van der Waals surface area contributed by atoms with Gasteiger partial charge in [-0.1, -0.05) is 12.2 Å². The molecule has 0 aromatic carbocycles. The van der Waals surface area contributed by atoms with Gasteiger partial charge >= 0.3 is 18.0 Å². The molecule has 0 aliphatic heterocycles. The number of amides is 1. The molecule has 9 nitrogen and oxygen atoms in total. The van der Waals surface area contributed by atoms with Gasteiger partial charge in [-0.05, 0) is 20.8 Å². The number of rotatable bonds is 8. The van der Waals surface area contributed by atoms with Crippen molar-refractivity contribution >= 4 is 47.4 Å². The van der Waals surface area contributed by atoms with Crippen LogP contribution in [0.5, 0.6) is 0 Å². The van der Waals surface area contributed by atoms with Crippen LogP contribution < -0.4 is 5.48 Å². The average Bonchev–Trinajstić information content (AvgIpc) is 2.44. The summed E-state index contributed by atoms with van der Waals surface area (Å²) >= 11 is 5.53. The maximum Gasteiger partial charge on any atom is 0.444 e. The molecule has 0 atom stereocenters. The lowest BCUT2D eigenvalue weighted by molar-refractivity contribution is -0.145. The number of nitrogens with zero attached hydrogens (tertiary/aromatic N) is 2. The van der Waals surface area contributed by atoms with Gasteiger partial charge in [-0.3, -0.25) is 9.59 Å². The summed E-state index contributed by atoms with van der Waals surface area (Å²) in [5, 5.41) is 0. The highest BCUT2D eigenvalue weighted by Crippen LogP contribution is 2.15. The Morgan fingerprint density at radius 2 is 1.57 bits per heavy atom. The van der Waals surface area contributed by atoms with E-state index in [-0.39, 0.29) is 31.3 Å². The Morgan fingerprint density at radius 1 is 1.09 bits per heavy atom. The molecular formula is C12H21N3O6S2. The number of carbonyl (C=O) groups excluding carboxylic acids is 3. The zero-order valence-electron chi connectivity index (χ0n) is 13.5. The van der Waals surface area contributed by atoms with Gasteiger partial charge in [0.25, 0.3) is 0 Å². The van der Waals surface area contributed by atoms with Gasteiger partial charge in [0.05, 0.1) is 13.2 Å². The lowest BCUT2D eigenvalue weighted by Gasteiger charge is -2.23. The maximum atomic E-state index is 11.7. The molecule has 0 rings (SSSR count). The smallest absolute Gasteiger partial charge is 0.444 e. The van der Waals surface area contributed by atoms with E-state index in [4.69, 9.17) is 21.7 Å². The zero-order valence-corrected chi connectivity index (χ0v) is 15.1. The Bertz CT molecular complexity index is 415. The van der Waals surface area contributed by atoms with Crippen molar-refractivity contribution in [1.29, 1.82) is 0 Å². The third-order valence-corrected chi connectivity index (χ3v) is 2.97. The van der Waals surface area contributed by atoms with Crippen LogP contribution in [0.2, 0.25) is 0 Å². The first-order chi connectivity index (χ1) is 10.8. The van der Waals surface area contributed by atoms with Gasteiger partial charge in [-0.2, -0.15) is 0 Å². The van der Waals surface area contributed by atoms with Crippen LogP contribution in [0.3, 0.4) is 0 Å². The molecule has 0 heterocycles. The van der Waals surface area contributed by atoms with Crippen molar-refractivity contribution in [2.24, 2.45) is 0 Å². The van der Waals surface area contributed by atoms with Crippen LogP contribution in [-0.2, 0) is 23.9 Å². The van der Waals surface area contributed by atoms with Crippen LogP contribution in [0.1, 0.15) is 20.8 Å². The Morgan fingerprint density at radius 3 is 1.96 bits per heavy atom. The Balaban J connectivity index is 4.64. The SMILES string of the molecule is CCOC(=O)CN(CC(=O)OCC)SN(C)C(=O)ONC(C)=S. The fourth-order valence-electron chi connectivity index (χ4n) is 1.20. The molecular weight excluding hydrogens is 346 g/mol. The molecule has 0 aliphatic carbocycles. The van der Waals surface area contributed by atoms with Crippen molar-refractivity contribution in [1.82, 2.24) is 14.1 Å². The minimum atomic E-state index is -0.753. The van der Waals surface area contributed by atoms with Gasteiger partial charge in [-0.25, -0.2) is 18.9 Å². The topological polar surface area (TPSA) is 97.4 Å². The lowest BCUT2D eigenvalue weighted by Crippen LogP contribution is -2.37. The predicted octanol–water partition coefficient (Wildman–Crippen LogP) is 0.898. The summed E-state index contributed by atoms with van der Waals surface area (Å²) in [7, 11) is 1.41. The van der Waals surface area contributed by atoms with Crippen molar-refractivity contribution in [2.75, 3.05) is 33.4 Å². The molecule has 1 amide bonds. The fraction of sp³-hybridized carbons (Fsp3) is 0.667. The van der Waals surface area contributed by atoms with E-state index >= 15 is 0 Å². The molecule has 0 aromatic heterocycles. The van der Waals surface area contributed by atoms with Gasteiger partial charge in [0.1, 0.15) is 18.1 Å². The first-order valence-electron chi connectivity index (χ1n) is 6.75. The minimum absolute atomic E-state index is 0.200. The van der Waals surface area contributed by atoms with Gasteiger partial charge in [0.15, 0.2) is 0 Å². The Labute approximate surface area is 144 Å².